The van der Waals surface area contributed by atoms with Crippen LogP contribution in [0.25, 0.3) is 0 Å². The van der Waals surface area contributed by atoms with E-state index in [1.165, 1.54) is 12.8 Å². The molecule has 0 aromatic carbocycles. The number of rotatable bonds is 5. The summed E-state index contributed by atoms with van der Waals surface area (Å²) in [5, 5.41) is 9.46. The van der Waals surface area contributed by atoms with E-state index in [0.717, 1.165) is 37.4 Å². The molecule has 1 aromatic rings. The van der Waals surface area contributed by atoms with E-state index >= 15 is 0 Å². The fourth-order valence-electron chi connectivity index (χ4n) is 2.52. The summed E-state index contributed by atoms with van der Waals surface area (Å²) in [6.07, 6.45) is 5.01. The van der Waals surface area contributed by atoms with Crippen molar-refractivity contribution in [2.75, 3.05) is 18.1 Å². The first-order chi connectivity index (χ1) is 8.74. The van der Waals surface area contributed by atoms with Crippen molar-refractivity contribution in [1.82, 2.24) is 9.97 Å². The van der Waals surface area contributed by atoms with Gasteiger partial charge in [0.05, 0.1) is 0 Å². The number of aromatic nitrogens is 2. The number of halogens is 1. The normalized spacial score (nSPS) is 19.5. The van der Waals surface area contributed by atoms with Crippen molar-refractivity contribution in [2.45, 2.75) is 45.1 Å². The van der Waals surface area contributed by atoms with Crippen LogP contribution in [0.3, 0.4) is 0 Å². The maximum absolute atomic E-state index is 8.94. The van der Waals surface area contributed by atoms with E-state index in [2.05, 4.69) is 14.9 Å². The van der Waals surface area contributed by atoms with Crippen LogP contribution in [-0.4, -0.2) is 34.3 Å². The van der Waals surface area contributed by atoms with Gasteiger partial charge in [0.15, 0.2) is 0 Å². The van der Waals surface area contributed by atoms with Crippen LogP contribution in [0.15, 0.2) is 6.07 Å². The van der Waals surface area contributed by atoms with Crippen molar-refractivity contribution in [3.05, 3.63) is 17.0 Å². The quantitative estimate of drug-likeness (QED) is 0.834. The highest BCUT2D eigenvalue weighted by molar-refractivity contribution is 6.29. The number of nitrogens with zero attached hydrogens (tertiary/aromatic N) is 3. The highest BCUT2D eigenvalue weighted by atomic mass is 35.5. The zero-order valence-electron chi connectivity index (χ0n) is 10.8. The number of hydrogen-bond acceptors (Lipinski definition) is 4. The lowest BCUT2D eigenvalue weighted by Gasteiger charge is -2.26. The summed E-state index contributed by atoms with van der Waals surface area (Å²) in [5.74, 6) is 1.73. The van der Waals surface area contributed by atoms with E-state index in [0.29, 0.717) is 11.2 Å². The molecule has 1 N–H and O–H groups in total. The summed E-state index contributed by atoms with van der Waals surface area (Å²) in [6, 6.07) is 2.32. The summed E-state index contributed by atoms with van der Waals surface area (Å²) < 4.78 is 0. The molecule has 1 aromatic heterocycles. The predicted octanol–water partition coefficient (Wildman–Crippen LogP) is 2.43. The summed E-state index contributed by atoms with van der Waals surface area (Å²) in [7, 11) is 0. The van der Waals surface area contributed by atoms with Gasteiger partial charge in [0.25, 0.3) is 0 Å². The minimum Gasteiger partial charge on any atom is -0.396 e. The second-order valence-corrected chi connectivity index (χ2v) is 5.06. The Morgan fingerprint density at radius 1 is 1.50 bits per heavy atom. The number of aliphatic hydroxyl groups excluding tert-OH is 1. The Kier molecular flexibility index (Phi) is 4.78. The molecule has 1 fully saturated rings. The van der Waals surface area contributed by atoms with E-state index in [1.54, 1.807) is 0 Å². The maximum Gasteiger partial charge on any atom is 0.134 e. The van der Waals surface area contributed by atoms with Crippen LogP contribution in [-0.2, 0) is 6.42 Å². The predicted molar refractivity (Wildman–Crippen MR) is 73.1 cm³/mol. The first-order valence-electron chi connectivity index (χ1n) is 6.65. The van der Waals surface area contributed by atoms with Gasteiger partial charge in [0.2, 0.25) is 0 Å². The standard InChI is InChI=1S/C13H20ClN3O/c1-2-12-15-11(14)9-13(16-12)17-7-3-5-10(17)6-4-8-18/h9-10,18H,2-8H2,1H3. The molecule has 1 aliphatic heterocycles. The Hall–Kier alpha value is -0.870. The lowest BCUT2D eigenvalue weighted by molar-refractivity contribution is 0.279. The summed E-state index contributed by atoms with van der Waals surface area (Å²) in [5.41, 5.74) is 0. The number of anilines is 1. The van der Waals surface area contributed by atoms with Crippen LogP contribution in [0, 0.1) is 0 Å². The van der Waals surface area contributed by atoms with E-state index in [9.17, 15) is 0 Å². The van der Waals surface area contributed by atoms with Crippen molar-refractivity contribution in [2.24, 2.45) is 0 Å². The minimum atomic E-state index is 0.259. The molecule has 1 unspecified atom stereocenters. The molecule has 0 radical (unpaired) electrons. The zero-order valence-corrected chi connectivity index (χ0v) is 11.5. The average Bonchev–Trinajstić information content (AvgIpc) is 2.83. The second kappa shape index (κ2) is 6.34. The molecular formula is C13H20ClN3O. The van der Waals surface area contributed by atoms with Crippen LogP contribution in [0.5, 0.6) is 0 Å². The molecule has 1 saturated heterocycles. The molecule has 0 spiro atoms. The highest BCUT2D eigenvalue weighted by Crippen LogP contribution is 2.28. The fourth-order valence-corrected chi connectivity index (χ4v) is 2.72. The van der Waals surface area contributed by atoms with E-state index in [-0.39, 0.29) is 6.61 Å². The third-order valence-electron chi connectivity index (χ3n) is 3.41. The second-order valence-electron chi connectivity index (χ2n) is 4.67. The van der Waals surface area contributed by atoms with Gasteiger partial charge in [-0.2, -0.15) is 0 Å². The van der Waals surface area contributed by atoms with Crippen LogP contribution in [0.4, 0.5) is 5.82 Å². The van der Waals surface area contributed by atoms with Gasteiger partial charge in [-0.25, -0.2) is 9.97 Å². The lowest BCUT2D eigenvalue weighted by atomic mass is 10.1. The number of hydrogen-bond donors (Lipinski definition) is 1. The Morgan fingerprint density at radius 3 is 3.06 bits per heavy atom. The molecule has 0 bridgehead atoms. The topological polar surface area (TPSA) is 49.2 Å². The monoisotopic (exact) mass is 269 g/mol. The highest BCUT2D eigenvalue weighted by Gasteiger charge is 2.25. The van der Waals surface area contributed by atoms with E-state index < -0.39 is 0 Å². The third-order valence-corrected chi connectivity index (χ3v) is 3.60. The molecule has 5 heteroatoms. The van der Waals surface area contributed by atoms with Crippen LogP contribution in [0.2, 0.25) is 5.15 Å². The van der Waals surface area contributed by atoms with Gasteiger partial charge in [0.1, 0.15) is 16.8 Å². The van der Waals surface area contributed by atoms with E-state index in [1.807, 2.05) is 13.0 Å². The van der Waals surface area contributed by atoms with E-state index in [4.69, 9.17) is 16.7 Å². The van der Waals surface area contributed by atoms with Crippen LogP contribution < -0.4 is 4.90 Å². The van der Waals surface area contributed by atoms with Crippen LogP contribution in [0.1, 0.15) is 38.4 Å². The van der Waals surface area contributed by atoms with Crippen molar-refractivity contribution >= 4 is 17.4 Å². The molecule has 100 valence electrons. The molecule has 0 aliphatic carbocycles. The first-order valence-corrected chi connectivity index (χ1v) is 7.03. The summed E-state index contributed by atoms with van der Waals surface area (Å²) in [4.78, 5) is 11.1. The first kappa shape index (κ1) is 13.6. The smallest absolute Gasteiger partial charge is 0.134 e. The van der Waals surface area contributed by atoms with Gasteiger partial charge in [0, 0.05) is 31.7 Å². The van der Waals surface area contributed by atoms with Gasteiger partial charge >= 0.3 is 0 Å². The number of aryl methyl sites for hydroxylation is 1. The summed E-state index contributed by atoms with van der Waals surface area (Å²) in [6.45, 7) is 3.31. The maximum atomic E-state index is 8.94. The molecule has 1 aliphatic rings. The third kappa shape index (κ3) is 3.12. The molecule has 2 rings (SSSR count). The Morgan fingerprint density at radius 2 is 2.33 bits per heavy atom. The van der Waals surface area contributed by atoms with Crippen LogP contribution >= 0.6 is 11.6 Å². The lowest BCUT2D eigenvalue weighted by Crippen LogP contribution is -2.30. The minimum absolute atomic E-state index is 0.259. The Bertz CT molecular complexity index is 400. The molecule has 18 heavy (non-hydrogen) atoms. The van der Waals surface area contributed by atoms with Gasteiger partial charge in [-0.3, -0.25) is 0 Å². The average molecular weight is 270 g/mol. The Labute approximate surface area is 113 Å². The number of aliphatic hydroxyl groups is 1. The molecule has 1 atom stereocenters. The Balaban J connectivity index is 2.16. The largest absolute Gasteiger partial charge is 0.396 e. The van der Waals surface area contributed by atoms with Gasteiger partial charge in [-0.05, 0) is 25.7 Å². The van der Waals surface area contributed by atoms with Gasteiger partial charge in [-0.1, -0.05) is 18.5 Å². The van der Waals surface area contributed by atoms with Crippen molar-refractivity contribution < 1.29 is 5.11 Å². The molecular weight excluding hydrogens is 250 g/mol. The van der Waals surface area contributed by atoms with Gasteiger partial charge < -0.3 is 10.0 Å². The van der Waals surface area contributed by atoms with Crippen molar-refractivity contribution in [1.29, 1.82) is 0 Å². The molecule has 4 nitrogen and oxygen atoms in total. The SMILES string of the molecule is CCc1nc(Cl)cc(N2CCCC2CCCO)n1. The van der Waals surface area contributed by atoms with Crippen molar-refractivity contribution in [3.63, 3.8) is 0 Å². The van der Waals surface area contributed by atoms with Crippen molar-refractivity contribution in [3.8, 4) is 0 Å². The zero-order chi connectivity index (χ0) is 13.0. The summed E-state index contributed by atoms with van der Waals surface area (Å²) >= 11 is 6.04. The fraction of sp³-hybridized carbons (Fsp3) is 0.692. The van der Waals surface area contributed by atoms with Gasteiger partial charge in [-0.15, -0.1) is 0 Å². The molecule has 0 amide bonds. The molecule has 0 saturated carbocycles. The molecule has 2 heterocycles.